The number of ether oxygens (including phenoxy) is 1. The van der Waals surface area contributed by atoms with Gasteiger partial charge in [0.25, 0.3) is 0 Å². The van der Waals surface area contributed by atoms with Crippen LogP contribution >= 0.6 is 0 Å². The SMILES string of the molecule is COC1CC1C(=O)NCCCC(C)C. The second-order valence-electron chi connectivity index (χ2n) is 4.44. The largest absolute Gasteiger partial charge is 0.381 e. The van der Waals surface area contributed by atoms with Crippen molar-refractivity contribution in [3.05, 3.63) is 0 Å². The van der Waals surface area contributed by atoms with E-state index < -0.39 is 0 Å². The molecule has 14 heavy (non-hydrogen) atoms. The summed E-state index contributed by atoms with van der Waals surface area (Å²) in [5, 5.41) is 2.95. The lowest BCUT2D eigenvalue weighted by atomic mass is 10.1. The molecule has 0 heterocycles. The lowest BCUT2D eigenvalue weighted by Crippen LogP contribution is -2.27. The van der Waals surface area contributed by atoms with E-state index in [0.29, 0.717) is 0 Å². The first-order valence-corrected chi connectivity index (χ1v) is 5.45. The Kier molecular flexibility index (Phi) is 4.39. The van der Waals surface area contributed by atoms with Gasteiger partial charge < -0.3 is 10.1 Å². The smallest absolute Gasteiger partial charge is 0.225 e. The van der Waals surface area contributed by atoms with Gasteiger partial charge in [0.15, 0.2) is 0 Å². The molecular formula is C11H21NO2. The number of rotatable bonds is 6. The zero-order valence-corrected chi connectivity index (χ0v) is 9.38. The van der Waals surface area contributed by atoms with Gasteiger partial charge in [0.2, 0.25) is 5.91 Å². The third kappa shape index (κ3) is 3.66. The molecule has 0 radical (unpaired) electrons. The molecule has 1 aliphatic carbocycles. The Balaban J connectivity index is 2.00. The Hall–Kier alpha value is -0.570. The summed E-state index contributed by atoms with van der Waals surface area (Å²) in [6.07, 6.45) is 3.33. The zero-order valence-electron chi connectivity index (χ0n) is 9.38. The van der Waals surface area contributed by atoms with Crippen molar-refractivity contribution in [3.8, 4) is 0 Å². The van der Waals surface area contributed by atoms with Gasteiger partial charge in [-0.3, -0.25) is 4.79 Å². The number of hydrogen-bond donors (Lipinski definition) is 1. The van der Waals surface area contributed by atoms with Crippen molar-refractivity contribution >= 4 is 5.91 Å². The van der Waals surface area contributed by atoms with Crippen molar-refractivity contribution in [1.82, 2.24) is 5.32 Å². The summed E-state index contributed by atoms with van der Waals surface area (Å²) in [4.78, 5) is 11.4. The van der Waals surface area contributed by atoms with Crippen LogP contribution < -0.4 is 5.32 Å². The summed E-state index contributed by atoms with van der Waals surface area (Å²) in [6.45, 7) is 5.21. The maximum atomic E-state index is 11.4. The summed E-state index contributed by atoms with van der Waals surface area (Å²) in [5.74, 6) is 1.01. The average Bonchev–Trinajstić information content (AvgIpc) is 2.90. The lowest BCUT2D eigenvalue weighted by molar-refractivity contribution is -0.123. The molecule has 0 aromatic rings. The predicted molar refractivity (Wildman–Crippen MR) is 56.0 cm³/mol. The van der Waals surface area contributed by atoms with Crippen LogP contribution in [0.25, 0.3) is 0 Å². The van der Waals surface area contributed by atoms with Gasteiger partial charge in [0.05, 0.1) is 12.0 Å². The minimum Gasteiger partial charge on any atom is -0.381 e. The molecular weight excluding hydrogens is 178 g/mol. The average molecular weight is 199 g/mol. The molecule has 82 valence electrons. The normalized spacial score (nSPS) is 25.1. The molecule has 0 aromatic carbocycles. The van der Waals surface area contributed by atoms with Crippen molar-refractivity contribution in [2.75, 3.05) is 13.7 Å². The van der Waals surface area contributed by atoms with Crippen molar-refractivity contribution in [2.24, 2.45) is 11.8 Å². The van der Waals surface area contributed by atoms with E-state index in [1.54, 1.807) is 7.11 Å². The van der Waals surface area contributed by atoms with Gasteiger partial charge in [-0.05, 0) is 25.2 Å². The number of nitrogens with one attached hydrogen (secondary N) is 1. The summed E-state index contributed by atoms with van der Waals surface area (Å²) in [7, 11) is 1.66. The van der Waals surface area contributed by atoms with E-state index in [0.717, 1.165) is 25.3 Å². The predicted octanol–water partition coefficient (Wildman–Crippen LogP) is 1.57. The van der Waals surface area contributed by atoms with Gasteiger partial charge in [-0.2, -0.15) is 0 Å². The molecule has 0 bridgehead atoms. The minimum atomic E-state index is 0.124. The highest BCUT2D eigenvalue weighted by Crippen LogP contribution is 2.32. The van der Waals surface area contributed by atoms with E-state index in [2.05, 4.69) is 19.2 Å². The number of hydrogen-bond acceptors (Lipinski definition) is 2. The number of methoxy groups -OCH3 is 1. The summed E-state index contributed by atoms with van der Waals surface area (Å²) in [5.41, 5.74) is 0. The molecule has 1 fully saturated rings. The third-order valence-corrected chi connectivity index (χ3v) is 2.63. The second kappa shape index (κ2) is 5.35. The second-order valence-corrected chi connectivity index (χ2v) is 4.44. The van der Waals surface area contributed by atoms with E-state index in [4.69, 9.17) is 4.74 Å². The van der Waals surface area contributed by atoms with E-state index >= 15 is 0 Å². The molecule has 2 unspecified atom stereocenters. The van der Waals surface area contributed by atoms with Crippen LogP contribution in [0, 0.1) is 11.8 Å². The minimum absolute atomic E-state index is 0.124. The third-order valence-electron chi connectivity index (χ3n) is 2.63. The van der Waals surface area contributed by atoms with Gasteiger partial charge in [-0.1, -0.05) is 13.8 Å². The summed E-state index contributed by atoms with van der Waals surface area (Å²) in [6, 6.07) is 0. The Morgan fingerprint density at radius 2 is 2.29 bits per heavy atom. The van der Waals surface area contributed by atoms with Crippen molar-refractivity contribution < 1.29 is 9.53 Å². The first-order chi connectivity index (χ1) is 6.65. The van der Waals surface area contributed by atoms with Crippen LogP contribution in [-0.4, -0.2) is 25.7 Å². The number of carbonyl (C=O) groups excluding carboxylic acids is 1. The van der Waals surface area contributed by atoms with Crippen LogP contribution in [0.5, 0.6) is 0 Å². The molecule has 0 aliphatic heterocycles. The number of carbonyl (C=O) groups is 1. The molecule has 1 amide bonds. The quantitative estimate of drug-likeness (QED) is 0.659. The molecule has 3 nitrogen and oxygen atoms in total. The molecule has 3 heteroatoms. The Labute approximate surface area is 86.2 Å². The maximum Gasteiger partial charge on any atom is 0.225 e. The molecule has 1 N–H and O–H groups in total. The molecule has 1 rings (SSSR count). The zero-order chi connectivity index (χ0) is 10.6. The van der Waals surface area contributed by atoms with Gasteiger partial charge in [0, 0.05) is 13.7 Å². The number of amides is 1. The van der Waals surface area contributed by atoms with Crippen LogP contribution in [0.2, 0.25) is 0 Å². The first-order valence-electron chi connectivity index (χ1n) is 5.45. The first kappa shape index (κ1) is 11.5. The standard InChI is InChI=1S/C11H21NO2/c1-8(2)5-4-6-12-11(13)9-7-10(9)14-3/h8-10H,4-7H2,1-3H3,(H,12,13). The lowest BCUT2D eigenvalue weighted by Gasteiger charge is -2.06. The van der Waals surface area contributed by atoms with Gasteiger partial charge in [-0.25, -0.2) is 0 Å². The molecule has 1 aliphatic rings. The highest BCUT2D eigenvalue weighted by Gasteiger charge is 2.43. The fourth-order valence-corrected chi connectivity index (χ4v) is 1.56. The molecule has 0 spiro atoms. The molecule has 1 saturated carbocycles. The fraction of sp³-hybridized carbons (Fsp3) is 0.909. The van der Waals surface area contributed by atoms with Crippen LogP contribution in [0.15, 0.2) is 0 Å². The Bertz CT molecular complexity index is 192. The summed E-state index contributed by atoms with van der Waals surface area (Å²) < 4.78 is 5.08. The van der Waals surface area contributed by atoms with E-state index in [9.17, 15) is 4.79 Å². The van der Waals surface area contributed by atoms with Crippen LogP contribution in [0.3, 0.4) is 0 Å². The van der Waals surface area contributed by atoms with Gasteiger partial charge in [0.1, 0.15) is 0 Å². The molecule has 2 atom stereocenters. The fourth-order valence-electron chi connectivity index (χ4n) is 1.56. The van der Waals surface area contributed by atoms with Crippen LogP contribution in [0.1, 0.15) is 33.1 Å². The van der Waals surface area contributed by atoms with E-state index in [1.807, 2.05) is 0 Å². The Morgan fingerprint density at radius 3 is 2.79 bits per heavy atom. The summed E-state index contributed by atoms with van der Waals surface area (Å²) >= 11 is 0. The van der Waals surface area contributed by atoms with Crippen molar-refractivity contribution in [3.63, 3.8) is 0 Å². The van der Waals surface area contributed by atoms with E-state index in [1.165, 1.54) is 6.42 Å². The monoisotopic (exact) mass is 199 g/mol. The maximum absolute atomic E-state index is 11.4. The highest BCUT2D eigenvalue weighted by molar-refractivity contribution is 5.81. The van der Waals surface area contributed by atoms with Gasteiger partial charge >= 0.3 is 0 Å². The van der Waals surface area contributed by atoms with E-state index in [-0.39, 0.29) is 17.9 Å². The molecule has 0 saturated heterocycles. The molecule has 0 aromatic heterocycles. The van der Waals surface area contributed by atoms with Gasteiger partial charge in [-0.15, -0.1) is 0 Å². The van der Waals surface area contributed by atoms with Crippen LogP contribution in [0.4, 0.5) is 0 Å². The van der Waals surface area contributed by atoms with Crippen LogP contribution in [-0.2, 0) is 9.53 Å². The van der Waals surface area contributed by atoms with Crippen molar-refractivity contribution in [1.29, 1.82) is 0 Å². The Morgan fingerprint density at radius 1 is 1.57 bits per heavy atom. The highest BCUT2D eigenvalue weighted by atomic mass is 16.5. The topological polar surface area (TPSA) is 38.3 Å². The van der Waals surface area contributed by atoms with Crippen molar-refractivity contribution in [2.45, 2.75) is 39.2 Å².